The third-order valence-electron chi connectivity index (χ3n) is 5.19. The number of likely N-dealkylation sites (N-methyl/N-ethyl adjacent to an activating group) is 1. The average Bonchev–Trinajstić information content (AvgIpc) is 2.74. The highest BCUT2D eigenvalue weighted by Crippen LogP contribution is 2.14. The van der Waals surface area contributed by atoms with Crippen LogP contribution in [0.25, 0.3) is 0 Å². The van der Waals surface area contributed by atoms with Gasteiger partial charge in [-0.3, -0.25) is 9.59 Å². The van der Waals surface area contributed by atoms with E-state index in [9.17, 15) is 9.59 Å². The number of nitrogens with zero attached hydrogens (tertiary/aromatic N) is 1. The highest BCUT2D eigenvalue weighted by molar-refractivity contribution is 5.75. The Morgan fingerprint density at radius 3 is 2.38 bits per heavy atom. The van der Waals surface area contributed by atoms with E-state index in [2.05, 4.69) is 22.8 Å². The van der Waals surface area contributed by atoms with E-state index < -0.39 is 0 Å². The molecule has 1 aliphatic rings. The first-order chi connectivity index (χ1) is 14.0. The Bertz CT molecular complexity index is 811. The summed E-state index contributed by atoms with van der Waals surface area (Å²) in [5.74, 6) is -0.188. The molecule has 1 aromatic heterocycles. The van der Waals surface area contributed by atoms with Gasteiger partial charge in [0.2, 0.25) is 5.91 Å². The summed E-state index contributed by atoms with van der Waals surface area (Å²) >= 11 is 0. The maximum Gasteiger partial charge on any atom is 0.274 e. The van der Waals surface area contributed by atoms with Crippen molar-refractivity contribution in [1.29, 1.82) is 0 Å². The predicted molar refractivity (Wildman–Crippen MR) is 119 cm³/mol. The van der Waals surface area contributed by atoms with Gasteiger partial charge in [0.05, 0.1) is 0 Å². The van der Waals surface area contributed by atoms with E-state index in [4.69, 9.17) is 5.73 Å². The van der Waals surface area contributed by atoms with Crippen molar-refractivity contribution in [1.82, 2.24) is 9.88 Å². The number of nitrogens with two attached hydrogens (primary N) is 1. The second kappa shape index (κ2) is 12.1. The van der Waals surface area contributed by atoms with Crippen LogP contribution in [-0.4, -0.2) is 30.1 Å². The largest absolute Gasteiger partial charge is 0.380 e. The second-order valence-corrected chi connectivity index (χ2v) is 7.51. The molecule has 1 amide bonds. The van der Waals surface area contributed by atoms with Crippen LogP contribution in [0, 0.1) is 6.92 Å². The lowest BCUT2D eigenvalue weighted by atomic mass is 9.97. The Labute approximate surface area is 173 Å². The second-order valence-electron chi connectivity index (χ2n) is 7.51. The van der Waals surface area contributed by atoms with E-state index in [1.54, 1.807) is 13.1 Å². The van der Waals surface area contributed by atoms with Gasteiger partial charge in [0.15, 0.2) is 0 Å². The Morgan fingerprint density at radius 1 is 1.10 bits per heavy atom. The summed E-state index contributed by atoms with van der Waals surface area (Å²) < 4.78 is 1.48. The zero-order valence-corrected chi connectivity index (χ0v) is 17.6. The van der Waals surface area contributed by atoms with Gasteiger partial charge in [0.25, 0.3) is 5.56 Å². The number of anilines is 1. The van der Waals surface area contributed by atoms with Crippen molar-refractivity contribution in [2.45, 2.75) is 58.0 Å². The minimum Gasteiger partial charge on any atom is -0.380 e. The van der Waals surface area contributed by atoms with Crippen molar-refractivity contribution >= 4 is 11.6 Å². The Morgan fingerprint density at radius 2 is 1.79 bits per heavy atom. The van der Waals surface area contributed by atoms with Crippen LogP contribution in [-0.2, 0) is 17.8 Å². The van der Waals surface area contributed by atoms with E-state index in [1.165, 1.54) is 42.2 Å². The minimum absolute atomic E-state index is 0.0371. The summed E-state index contributed by atoms with van der Waals surface area (Å²) in [6.07, 6.45) is 7.50. The third kappa shape index (κ3) is 7.74. The van der Waals surface area contributed by atoms with Crippen molar-refractivity contribution in [3.8, 4) is 0 Å². The molecule has 29 heavy (non-hydrogen) atoms. The van der Waals surface area contributed by atoms with Gasteiger partial charge in [0, 0.05) is 25.3 Å². The lowest BCUT2D eigenvalue weighted by molar-refractivity contribution is -0.121. The fraction of sp³-hybridized carbons (Fsp3) is 0.478. The summed E-state index contributed by atoms with van der Waals surface area (Å²) in [6, 6.07) is 14.2. The SMILES string of the molecule is CNC(=O)Cn1c(C)ccc(NCCc2ccccc2)c1=O.NC1CCCCC1. The van der Waals surface area contributed by atoms with Crippen LogP contribution in [0.4, 0.5) is 5.69 Å². The van der Waals surface area contributed by atoms with Gasteiger partial charge >= 0.3 is 0 Å². The third-order valence-corrected chi connectivity index (χ3v) is 5.19. The molecule has 1 fully saturated rings. The Balaban J connectivity index is 0.000000360. The van der Waals surface area contributed by atoms with E-state index >= 15 is 0 Å². The number of pyridine rings is 1. The summed E-state index contributed by atoms with van der Waals surface area (Å²) in [5, 5.41) is 5.69. The van der Waals surface area contributed by atoms with Crippen molar-refractivity contribution in [3.05, 3.63) is 64.1 Å². The highest BCUT2D eigenvalue weighted by Gasteiger charge is 2.09. The van der Waals surface area contributed by atoms with Crippen LogP contribution in [0.15, 0.2) is 47.3 Å². The van der Waals surface area contributed by atoms with Gasteiger partial charge in [-0.25, -0.2) is 0 Å². The van der Waals surface area contributed by atoms with Gasteiger partial charge < -0.3 is 20.9 Å². The molecule has 4 N–H and O–H groups in total. The fourth-order valence-electron chi connectivity index (χ4n) is 3.34. The number of rotatable bonds is 6. The molecule has 2 aromatic rings. The molecule has 6 nitrogen and oxygen atoms in total. The molecular formula is C23H34N4O2. The molecule has 0 aliphatic heterocycles. The van der Waals surface area contributed by atoms with Gasteiger partial charge in [-0.15, -0.1) is 0 Å². The molecule has 6 heteroatoms. The standard InChI is InChI=1S/C17H21N3O2.C6H13N/c1-13-8-9-15(17(22)20(13)12-16(21)18-2)19-11-10-14-6-4-3-5-7-14;7-6-4-2-1-3-5-6/h3-9,19H,10-12H2,1-2H3,(H,18,21);6H,1-5,7H2. The lowest BCUT2D eigenvalue weighted by Gasteiger charge is -2.15. The Hall–Kier alpha value is -2.60. The number of carbonyl (C=O) groups is 1. The number of amides is 1. The first kappa shape index (κ1) is 22.7. The molecular weight excluding hydrogens is 364 g/mol. The molecule has 0 saturated heterocycles. The molecule has 1 heterocycles. The molecule has 0 unspecified atom stereocenters. The van der Waals surface area contributed by atoms with Crippen molar-refractivity contribution in [2.75, 3.05) is 18.9 Å². The number of aromatic nitrogens is 1. The zero-order chi connectivity index (χ0) is 21.1. The molecule has 0 radical (unpaired) electrons. The average molecular weight is 399 g/mol. The van der Waals surface area contributed by atoms with Crippen LogP contribution in [0.2, 0.25) is 0 Å². The van der Waals surface area contributed by atoms with Crippen molar-refractivity contribution < 1.29 is 4.79 Å². The summed E-state index contributed by atoms with van der Waals surface area (Å²) in [7, 11) is 1.56. The Kier molecular flexibility index (Phi) is 9.44. The normalized spacial score (nSPS) is 13.9. The van der Waals surface area contributed by atoms with Gasteiger partial charge in [-0.05, 0) is 43.9 Å². The van der Waals surface area contributed by atoms with E-state index in [0.717, 1.165) is 12.1 Å². The topological polar surface area (TPSA) is 89.2 Å². The van der Waals surface area contributed by atoms with Crippen LogP contribution in [0.5, 0.6) is 0 Å². The molecule has 1 aliphatic carbocycles. The quantitative estimate of drug-likeness (QED) is 0.698. The number of hydrogen-bond donors (Lipinski definition) is 3. The molecule has 0 bridgehead atoms. The summed E-state index contributed by atoms with van der Waals surface area (Å²) in [5.41, 5.74) is 7.97. The summed E-state index contributed by atoms with van der Waals surface area (Å²) in [4.78, 5) is 23.9. The van der Waals surface area contributed by atoms with Gasteiger partial charge in [0.1, 0.15) is 12.2 Å². The molecule has 1 saturated carbocycles. The van der Waals surface area contributed by atoms with Crippen molar-refractivity contribution in [2.24, 2.45) is 5.73 Å². The summed E-state index contributed by atoms with van der Waals surface area (Å²) in [6.45, 7) is 2.52. The zero-order valence-electron chi connectivity index (χ0n) is 17.6. The van der Waals surface area contributed by atoms with Crippen LogP contribution in [0.3, 0.4) is 0 Å². The number of carbonyl (C=O) groups excluding carboxylic acids is 1. The molecule has 0 atom stereocenters. The molecule has 0 spiro atoms. The van der Waals surface area contributed by atoms with E-state index in [0.29, 0.717) is 18.3 Å². The molecule has 158 valence electrons. The number of nitrogens with one attached hydrogen (secondary N) is 2. The van der Waals surface area contributed by atoms with E-state index in [1.807, 2.05) is 31.2 Å². The molecule has 1 aromatic carbocycles. The van der Waals surface area contributed by atoms with E-state index in [-0.39, 0.29) is 18.0 Å². The van der Waals surface area contributed by atoms with Gasteiger partial charge in [-0.1, -0.05) is 49.6 Å². The van der Waals surface area contributed by atoms with Crippen LogP contribution >= 0.6 is 0 Å². The first-order valence-electron chi connectivity index (χ1n) is 10.5. The highest BCUT2D eigenvalue weighted by atomic mass is 16.2. The number of benzene rings is 1. The monoisotopic (exact) mass is 398 g/mol. The molecule has 3 rings (SSSR count). The van der Waals surface area contributed by atoms with Crippen LogP contribution in [0.1, 0.15) is 43.4 Å². The predicted octanol–water partition coefficient (Wildman–Crippen LogP) is 2.84. The first-order valence-corrected chi connectivity index (χ1v) is 10.5. The smallest absolute Gasteiger partial charge is 0.274 e. The number of hydrogen-bond acceptors (Lipinski definition) is 4. The number of aryl methyl sites for hydroxylation is 1. The van der Waals surface area contributed by atoms with Gasteiger partial charge in [-0.2, -0.15) is 0 Å². The van der Waals surface area contributed by atoms with Crippen molar-refractivity contribution in [3.63, 3.8) is 0 Å². The van der Waals surface area contributed by atoms with Crippen LogP contribution < -0.4 is 21.9 Å². The fourth-order valence-corrected chi connectivity index (χ4v) is 3.34. The maximum atomic E-state index is 12.4. The lowest BCUT2D eigenvalue weighted by Crippen LogP contribution is -2.32. The maximum absolute atomic E-state index is 12.4. The minimum atomic E-state index is -0.188.